The molecule has 0 aromatic carbocycles. The maximum atomic E-state index is 3.80. The van der Waals surface area contributed by atoms with E-state index >= 15 is 0 Å². The van der Waals surface area contributed by atoms with Crippen LogP contribution in [0.2, 0.25) is 0 Å². The normalized spacial score (nSPS) is 33.0. The summed E-state index contributed by atoms with van der Waals surface area (Å²) in [5.41, 5.74) is 0. The van der Waals surface area contributed by atoms with Gasteiger partial charge in [-0.15, -0.1) is 0 Å². The minimum absolute atomic E-state index is 0.696. The van der Waals surface area contributed by atoms with E-state index in [4.69, 9.17) is 0 Å². The molecule has 1 rings (SSSR count). The Morgan fingerprint density at radius 2 is 0.786 bits per heavy atom. The molecule has 0 heterocycles. The van der Waals surface area contributed by atoms with Gasteiger partial charge in [-0.2, -0.15) is 0 Å². The molecule has 1 aliphatic carbocycles. The van der Waals surface area contributed by atoms with Gasteiger partial charge in [0.05, 0.1) is 0 Å². The Kier molecular flexibility index (Phi) is 7.58. The van der Waals surface area contributed by atoms with Gasteiger partial charge in [-0.25, -0.2) is 0 Å². The Morgan fingerprint density at radius 3 is 1.14 bits per heavy atom. The van der Waals surface area contributed by atoms with E-state index in [1.54, 1.807) is 0 Å². The minimum Gasteiger partial charge on any atom is -0.0879 e. The molecule has 0 spiro atoms. The highest BCUT2D eigenvalue weighted by atomic mass is 79.9. The van der Waals surface area contributed by atoms with E-state index < -0.39 is 0 Å². The van der Waals surface area contributed by atoms with Crippen LogP contribution in [0.5, 0.6) is 0 Å². The fourth-order valence-electron chi connectivity index (χ4n) is 2.10. The molecule has 0 unspecified atom stereocenters. The second-order valence-electron chi connectivity index (χ2n) is 4.44. The number of halogens is 2. The topological polar surface area (TPSA) is 0 Å². The maximum Gasteiger partial charge on any atom is 0.0271 e. The zero-order valence-corrected chi connectivity index (χ0v) is 12.2. The highest BCUT2D eigenvalue weighted by molar-refractivity contribution is 9.12. The molecule has 0 nitrogen and oxygen atoms in total. The van der Waals surface area contributed by atoms with Crippen LogP contribution in [0.15, 0.2) is 0 Å². The van der Waals surface area contributed by atoms with E-state index in [0.29, 0.717) is 9.65 Å². The summed E-state index contributed by atoms with van der Waals surface area (Å²) in [6.45, 7) is 0. The molecule has 1 fully saturated rings. The molecule has 2 heteroatoms. The van der Waals surface area contributed by atoms with Crippen molar-refractivity contribution >= 4 is 31.9 Å². The average molecular weight is 326 g/mol. The van der Waals surface area contributed by atoms with Gasteiger partial charge in [-0.3, -0.25) is 0 Å². The summed E-state index contributed by atoms with van der Waals surface area (Å²) in [7, 11) is 0. The summed E-state index contributed by atoms with van der Waals surface area (Å²) in [6.07, 6.45) is 14.2. The summed E-state index contributed by atoms with van der Waals surface area (Å²) in [4.78, 5) is 1.39. The van der Waals surface area contributed by atoms with E-state index in [0.717, 1.165) is 0 Å². The van der Waals surface area contributed by atoms with Gasteiger partial charge in [-0.1, -0.05) is 83.2 Å². The maximum absolute atomic E-state index is 3.80. The molecule has 1 aliphatic rings. The second kappa shape index (κ2) is 8.15. The predicted octanol–water partition coefficient (Wildman–Crippen LogP) is 5.43. The van der Waals surface area contributed by atoms with E-state index in [9.17, 15) is 0 Å². The highest BCUT2D eigenvalue weighted by Crippen LogP contribution is 2.26. The molecule has 0 aromatic heterocycles. The van der Waals surface area contributed by atoms with Crippen LogP contribution in [0.1, 0.15) is 64.2 Å². The van der Waals surface area contributed by atoms with Gasteiger partial charge in [0.25, 0.3) is 0 Å². The zero-order chi connectivity index (χ0) is 10.2. The largest absolute Gasteiger partial charge is 0.0879 e. The van der Waals surface area contributed by atoms with Crippen LogP contribution < -0.4 is 0 Å². The Hall–Kier alpha value is 0.960. The number of rotatable bonds is 0. The van der Waals surface area contributed by atoms with Crippen molar-refractivity contribution in [3.8, 4) is 0 Å². The lowest BCUT2D eigenvalue weighted by molar-refractivity contribution is 0.519. The molecule has 1 saturated carbocycles. The molecular formula is C12H22Br2. The lowest BCUT2D eigenvalue weighted by Gasteiger charge is -2.17. The Labute approximate surface area is 105 Å². The van der Waals surface area contributed by atoms with E-state index in [1.165, 1.54) is 64.2 Å². The Bertz CT molecular complexity index is 120. The monoisotopic (exact) mass is 324 g/mol. The van der Waals surface area contributed by atoms with Crippen LogP contribution in [-0.4, -0.2) is 9.65 Å². The van der Waals surface area contributed by atoms with Crippen molar-refractivity contribution in [2.75, 3.05) is 0 Å². The molecule has 0 amide bonds. The molecule has 0 saturated heterocycles. The van der Waals surface area contributed by atoms with E-state index in [-0.39, 0.29) is 0 Å². The summed E-state index contributed by atoms with van der Waals surface area (Å²) in [5.74, 6) is 0. The molecule has 0 aromatic rings. The lowest BCUT2D eigenvalue weighted by atomic mass is 10.0. The standard InChI is InChI=1S/C12H22Br2/c13-11-9-7-5-3-1-2-4-6-8-10-12(11)14/h11-12H,1-10H2/t11-,12+. The van der Waals surface area contributed by atoms with Gasteiger partial charge in [0.1, 0.15) is 0 Å². The predicted molar refractivity (Wildman–Crippen MR) is 71.6 cm³/mol. The molecule has 84 valence electrons. The van der Waals surface area contributed by atoms with Crippen molar-refractivity contribution in [3.63, 3.8) is 0 Å². The molecule has 14 heavy (non-hydrogen) atoms. The summed E-state index contributed by atoms with van der Waals surface area (Å²) >= 11 is 7.59. The molecule has 0 aliphatic heterocycles. The molecule has 2 atom stereocenters. The fourth-order valence-corrected chi connectivity index (χ4v) is 3.28. The first-order valence-corrected chi connectivity index (χ1v) is 7.92. The van der Waals surface area contributed by atoms with Crippen molar-refractivity contribution in [2.24, 2.45) is 0 Å². The first-order valence-electron chi connectivity index (χ1n) is 6.09. The first-order chi connectivity index (χ1) is 6.80. The van der Waals surface area contributed by atoms with Crippen molar-refractivity contribution in [1.82, 2.24) is 0 Å². The smallest absolute Gasteiger partial charge is 0.0271 e. The zero-order valence-electron chi connectivity index (χ0n) is 8.98. The minimum atomic E-state index is 0.696. The van der Waals surface area contributed by atoms with Crippen LogP contribution in [0.3, 0.4) is 0 Å². The third-order valence-electron chi connectivity index (χ3n) is 3.10. The SMILES string of the molecule is Br[C@@H]1CCCCCCCCCC[C@@H]1Br. The molecule has 0 N–H and O–H groups in total. The average Bonchev–Trinajstić information content (AvgIpc) is 2.18. The van der Waals surface area contributed by atoms with E-state index in [2.05, 4.69) is 31.9 Å². The molecule has 0 radical (unpaired) electrons. The summed E-state index contributed by atoms with van der Waals surface area (Å²) < 4.78 is 0. The quantitative estimate of drug-likeness (QED) is 0.521. The van der Waals surface area contributed by atoms with Gasteiger partial charge >= 0.3 is 0 Å². The van der Waals surface area contributed by atoms with Crippen LogP contribution in [0.25, 0.3) is 0 Å². The van der Waals surface area contributed by atoms with Crippen LogP contribution >= 0.6 is 31.9 Å². The highest BCUT2D eigenvalue weighted by Gasteiger charge is 2.15. The number of alkyl halides is 2. The first kappa shape index (κ1) is 13.0. The third-order valence-corrected chi connectivity index (χ3v) is 6.00. The van der Waals surface area contributed by atoms with Crippen LogP contribution in [0.4, 0.5) is 0 Å². The van der Waals surface area contributed by atoms with Crippen LogP contribution in [-0.2, 0) is 0 Å². The summed E-state index contributed by atoms with van der Waals surface area (Å²) in [6, 6.07) is 0. The second-order valence-corrected chi connectivity index (χ2v) is 6.79. The summed E-state index contributed by atoms with van der Waals surface area (Å²) in [5, 5.41) is 0. The van der Waals surface area contributed by atoms with Gasteiger partial charge < -0.3 is 0 Å². The van der Waals surface area contributed by atoms with Crippen molar-refractivity contribution in [1.29, 1.82) is 0 Å². The van der Waals surface area contributed by atoms with E-state index in [1.807, 2.05) is 0 Å². The third kappa shape index (κ3) is 5.75. The van der Waals surface area contributed by atoms with Gasteiger partial charge in [0.2, 0.25) is 0 Å². The van der Waals surface area contributed by atoms with Crippen molar-refractivity contribution < 1.29 is 0 Å². The molecular weight excluding hydrogens is 304 g/mol. The lowest BCUT2D eigenvalue weighted by Crippen LogP contribution is -2.14. The van der Waals surface area contributed by atoms with Gasteiger partial charge in [-0.05, 0) is 12.8 Å². The molecule has 0 bridgehead atoms. The van der Waals surface area contributed by atoms with Crippen molar-refractivity contribution in [3.05, 3.63) is 0 Å². The van der Waals surface area contributed by atoms with Gasteiger partial charge in [0, 0.05) is 9.65 Å². The van der Waals surface area contributed by atoms with Gasteiger partial charge in [0.15, 0.2) is 0 Å². The Balaban J connectivity index is 2.23. The number of hydrogen-bond donors (Lipinski definition) is 0. The Morgan fingerprint density at radius 1 is 0.500 bits per heavy atom. The number of hydrogen-bond acceptors (Lipinski definition) is 0. The van der Waals surface area contributed by atoms with Crippen LogP contribution in [0, 0.1) is 0 Å². The van der Waals surface area contributed by atoms with Crippen molar-refractivity contribution in [2.45, 2.75) is 73.9 Å². The fraction of sp³-hybridized carbons (Fsp3) is 1.00.